The molecule has 0 spiro atoms. The highest BCUT2D eigenvalue weighted by molar-refractivity contribution is 6.02. The van der Waals surface area contributed by atoms with Crippen molar-refractivity contribution in [1.29, 1.82) is 0 Å². The van der Waals surface area contributed by atoms with Crippen molar-refractivity contribution in [1.82, 2.24) is 14.9 Å². The quantitative estimate of drug-likeness (QED) is 0.628. The highest BCUT2D eigenvalue weighted by Gasteiger charge is 2.47. The first kappa shape index (κ1) is 21.6. The maximum atomic E-state index is 14.3. The lowest BCUT2D eigenvalue weighted by molar-refractivity contribution is -0.130. The van der Waals surface area contributed by atoms with E-state index in [1.807, 2.05) is 31.2 Å². The molecule has 1 aliphatic rings. The summed E-state index contributed by atoms with van der Waals surface area (Å²) in [4.78, 5) is 27.6. The number of aromatic nitrogens is 2. The van der Waals surface area contributed by atoms with E-state index in [0.29, 0.717) is 17.2 Å². The van der Waals surface area contributed by atoms with Gasteiger partial charge in [0, 0.05) is 19.4 Å². The summed E-state index contributed by atoms with van der Waals surface area (Å²) in [6.07, 6.45) is 2.98. The van der Waals surface area contributed by atoms with Crippen LogP contribution in [-0.4, -0.2) is 33.8 Å². The molecule has 2 atom stereocenters. The molecule has 3 aromatic rings. The molecule has 0 radical (unpaired) electrons. The molecule has 0 bridgehead atoms. The first-order valence-electron chi connectivity index (χ1n) is 10.5. The van der Waals surface area contributed by atoms with Gasteiger partial charge in [-0.25, -0.2) is 9.98 Å². The molecular formula is C25H26FN5O. The van der Waals surface area contributed by atoms with Gasteiger partial charge in [0.2, 0.25) is 11.9 Å². The van der Waals surface area contributed by atoms with Crippen molar-refractivity contribution < 1.29 is 9.18 Å². The summed E-state index contributed by atoms with van der Waals surface area (Å²) in [6.45, 7) is 6.13. The van der Waals surface area contributed by atoms with Gasteiger partial charge in [-0.2, -0.15) is 4.39 Å². The minimum atomic E-state index is -0.997. The number of hydrogen-bond acceptors (Lipinski definition) is 5. The smallest absolute Gasteiger partial charge is 0.239 e. The zero-order valence-electron chi connectivity index (χ0n) is 18.6. The van der Waals surface area contributed by atoms with Crippen molar-refractivity contribution in [2.24, 2.45) is 10.7 Å². The van der Waals surface area contributed by atoms with Gasteiger partial charge in [0.15, 0.2) is 5.96 Å². The van der Waals surface area contributed by atoms with E-state index in [4.69, 9.17) is 10.7 Å². The molecule has 1 aliphatic heterocycles. The molecule has 6 nitrogen and oxygen atoms in total. The lowest BCUT2D eigenvalue weighted by Gasteiger charge is -2.41. The van der Waals surface area contributed by atoms with Crippen LogP contribution in [0.4, 0.5) is 4.39 Å². The standard InChI is InChI=1S/C25H26FN5O/c1-15(2)16-7-9-17(10-8-16)21-23(32)31(4)24(27)30-25(21,3)18-11-13-28-20(14-18)19-6-5-12-29-22(19)26/h5-15,21H,1-4H3,(H2,27,30)/t21-,25+/m0/s1. The second kappa shape index (κ2) is 8.15. The minimum absolute atomic E-state index is 0.137. The Balaban J connectivity index is 1.87. The SMILES string of the molecule is CC(C)c1ccc([C@H]2C(=O)N(C)C(N)=N[C@]2(C)c2ccnc(-c3cccnc3F)c2)cc1. The number of aliphatic imine (C=N–C) groups is 1. The van der Waals surface area contributed by atoms with E-state index in [0.717, 1.165) is 5.56 Å². The second-order valence-corrected chi connectivity index (χ2v) is 8.54. The minimum Gasteiger partial charge on any atom is -0.369 e. The maximum Gasteiger partial charge on any atom is 0.239 e. The summed E-state index contributed by atoms with van der Waals surface area (Å²) in [5.74, 6) is -0.840. The number of halogens is 1. The van der Waals surface area contributed by atoms with Crippen LogP contribution in [0.2, 0.25) is 0 Å². The summed E-state index contributed by atoms with van der Waals surface area (Å²) in [6, 6.07) is 14.9. The Labute approximate surface area is 187 Å². The highest BCUT2D eigenvalue weighted by Crippen LogP contribution is 2.44. The number of nitrogens with two attached hydrogens (primary N) is 1. The van der Waals surface area contributed by atoms with Crippen LogP contribution in [0.3, 0.4) is 0 Å². The van der Waals surface area contributed by atoms with Gasteiger partial charge in [-0.15, -0.1) is 0 Å². The number of likely N-dealkylation sites (N-methyl/N-ethyl adjacent to an activating group) is 1. The molecule has 1 amide bonds. The molecule has 2 N–H and O–H groups in total. The molecule has 32 heavy (non-hydrogen) atoms. The van der Waals surface area contributed by atoms with Crippen LogP contribution >= 0.6 is 0 Å². The molecule has 0 saturated heterocycles. The Hall–Kier alpha value is -3.61. The molecule has 1 aromatic carbocycles. The summed E-state index contributed by atoms with van der Waals surface area (Å²) in [5.41, 5.74) is 8.58. The van der Waals surface area contributed by atoms with E-state index >= 15 is 0 Å². The molecule has 2 aromatic heterocycles. The lowest BCUT2D eigenvalue weighted by Crippen LogP contribution is -2.52. The van der Waals surface area contributed by atoms with Crippen LogP contribution in [0.1, 0.15) is 49.3 Å². The number of hydrogen-bond donors (Lipinski definition) is 1. The molecule has 7 heteroatoms. The number of pyridine rings is 2. The monoisotopic (exact) mass is 431 g/mol. The van der Waals surface area contributed by atoms with Crippen molar-refractivity contribution in [3.8, 4) is 11.3 Å². The summed E-state index contributed by atoms with van der Waals surface area (Å²) in [5, 5.41) is 0. The topological polar surface area (TPSA) is 84.5 Å². The zero-order chi connectivity index (χ0) is 23.0. The number of amides is 1. The maximum absolute atomic E-state index is 14.3. The first-order chi connectivity index (χ1) is 15.2. The van der Waals surface area contributed by atoms with Crippen LogP contribution in [0.15, 0.2) is 65.9 Å². The van der Waals surface area contributed by atoms with Gasteiger partial charge in [0.25, 0.3) is 0 Å². The molecule has 0 aliphatic carbocycles. The van der Waals surface area contributed by atoms with Crippen LogP contribution in [0.25, 0.3) is 11.3 Å². The predicted octanol–water partition coefficient (Wildman–Crippen LogP) is 4.19. The van der Waals surface area contributed by atoms with E-state index in [2.05, 4.69) is 23.8 Å². The third kappa shape index (κ3) is 3.64. The van der Waals surface area contributed by atoms with Gasteiger partial charge in [0.05, 0.1) is 17.2 Å². The Morgan fingerprint density at radius 2 is 1.81 bits per heavy atom. The molecule has 0 unspecified atom stereocenters. The summed E-state index contributed by atoms with van der Waals surface area (Å²) in [7, 11) is 1.62. The van der Waals surface area contributed by atoms with Crippen LogP contribution < -0.4 is 5.73 Å². The fourth-order valence-electron chi connectivity index (χ4n) is 4.17. The van der Waals surface area contributed by atoms with E-state index in [1.165, 1.54) is 16.7 Å². The van der Waals surface area contributed by atoms with Crippen LogP contribution in [0, 0.1) is 5.95 Å². The molecular weight excluding hydrogens is 405 g/mol. The Morgan fingerprint density at radius 1 is 1.09 bits per heavy atom. The van der Waals surface area contributed by atoms with Gasteiger partial charge in [-0.05, 0) is 53.8 Å². The molecule has 164 valence electrons. The number of guanidine groups is 1. The van der Waals surface area contributed by atoms with Crippen molar-refractivity contribution in [2.45, 2.75) is 38.1 Å². The molecule has 4 rings (SSSR count). The fraction of sp³-hybridized carbons (Fsp3) is 0.280. The van der Waals surface area contributed by atoms with Gasteiger partial charge < -0.3 is 5.73 Å². The van der Waals surface area contributed by atoms with Gasteiger partial charge in [-0.3, -0.25) is 14.7 Å². The van der Waals surface area contributed by atoms with Crippen molar-refractivity contribution in [3.63, 3.8) is 0 Å². The van der Waals surface area contributed by atoms with Crippen LogP contribution in [-0.2, 0) is 10.3 Å². The van der Waals surface area contributed by atoms with E-state index in [-0.39, 0.29) is 17.4 Å². The van der Waals surface area contributed by atoms with Crippen LogP contribution in [0.5, 0.6) is 0 Å². The Bertz CT molecular complexity index is 1190. The highest BCUT2D eigenvalue weighted by atomic mass is 19.1. The second-order valence-electron chi connectivity index (χ2n) is 8.54. The average molecular weight is 432 g/mol. The number of rotatable bonds is 4. The van der Waals surface area contributed by atoms with Crippen molar-refractivity contribution in [2.75, 3.05) is 7.05 Å². The first-order valence-corrected chi connectivity index (χ1v) is 10.5. The molecule has 0 fully saturated rings. The van der Waals surface area contributed by atoms with E-state index in [1.54, 1.807) is 37.5 Å². The molecule has 3 heterocycles. The number of carbonyl (C=O) groups excluding carboxylic acids is 1. The van der Waals surface area contributed by atoms with Crippen molar-refractivity contribution in [3.05, 3.63) is 83.6 Å². The van der Waals surface area contributed by atoms with Gasteiger partial charge in [-0.1, -0.05) is 38.1 Å². The number of benzene rings is 1. The number of carbonyl (C=O) groups is 1. The molecule has 0 saturated carbocycles. The predicted molar refractivity (Wildman–Crippen MR) is 122 cm³/mol. The largest absolute Gasteiger partial charge is 0.369 e. The summed E-state index contributed by atoms with van der Waals surface area (Å²) >= 11 is 0. The Morgan fingerprint density at radius 3 is 2.47 bits per heavy atom. The number of nitrogens with zero attached hydrogens (tertiary/aromatic N) is 4. The normalized spacial score (nSPS) is 21.1. The van der Waals surface area contributed by atoms with Gasteiger partial charge in [0.1, 0.15) is 5.54 Å². The third-order valence-electron chi connectivity index (χ3n) is 6.15. The fourth-order valence-corrected chi connectivity index (χ4v) is 4.17. The van der Waals surface area contributed by atoms with E-state index < -0.39 is 17.4 Å². The lowest BCUT2D eigenvalue weighted by atomic mass is 9.74. The summed E-state index contributed by atoms with van der Waals surface area (Å²) < 4.78 is 14.3. The zero-order valence-corrected chi connectivity index (χ0v) is 18.6. The van der Waals surface area contributed by atoms with Gasteiger partial charge >= 0.3 is 0 Å². The third-order valence-corrected chi connectivity index (χ3v) is 6.15. The van der Waals surface area contributed by atoms with Crippen molar-refractivity contribution >= 4 is 11.9 Å². The Kier molecular flexibility index (Phi) is 5.50. The average Bonchev–Trinajstić information content (AvgIpc) is 2.78. The van der Waals surface area contributed by atoms with E-state index in [9.17, 15) is 9.18 Å².